The minimum atomic E-state index is -0.245. The average Bonchev–Trinajstić information content (AvgIpc) is 3.90. The van der Waals surface area contributed by atoms with Gasteiger partial charge in [0.1, 0.15) is 17.1 Å². The van der Waals surface area contributed by atoms with Gasteiger partial charge in [-0.1, -0.05) is 60.1 Å². The number of amides is 2. The summed E-state index contributed by atoms with van der Waals surface area (Å²) < 4.78 is 18.3. The minimum absolute atomic E-state index is 0.0517. The summed E-state index contributed by atoms with van der Waals surface area (Å²) in [5.41, 5.74) is 7.61. The largest absolute Gasteiger partial charge is 0.497 e. The van der Waals surface area contributed by atoms with Crippen LogP contribution in [0.2, 0.25) is 5.02 Å². The molecule has 0 saturated carbocycles. The zero-order valence-corrected chi connectivity index (χ0v) is 31.8. The van der Waals surface area contributed by atoms with Crippen LogP contribution in [0.1, 0.15) is 44.3 Å². The molecule has 0 spiro atoms. The molecule has 2 aromatic heterocycles. The van der Waals surface area contributed by atoms with Gasteiger partial charge in [0.2, 0.25) is 0 Å². The summed E-state index contributed by atoms with van der Waals surface area (Å²) in [7, 11) is 3.37. The molecule has 8 rings (SSSR count). The van der Waals surface area contributed by atoms with Crippen molar-refractivity contribution in [1.29, 1.82) is 0 Å². The number of hydrogen-bond acceptors (Lipinski definition) is 9. The highest BCUT2D eigenvalue weighted by molar-refractivity contribution is 6.30. The SMILES string of the molecule is COc1cccc(-c2cc(C(=O)Nc3ccc([C@@H]4CNCCO4)cc3)[nH]n2)c1.Cn1nc(-c2cccc(Cl)c2)cc1C(=O)Nc1ccc([C@H]2CNCCO2)cc1. The lowest BCUT2D eigenvalue weighted by Crippen LogP contribution is -2.33. The molecule has 5 N–H and O–H groups in total. The van der Waals surface area contributed by atoms with E-state index in [1.165, 1.54) is 0 Å². The number of nitrogens with zero attached hydrogens (tertiary/aromatic N) is 3. The second-order valence-electron chi connectivity index (χ2n) is 13.2. The number of ether oxygens (including phenoxy) is 3. The number of halogens is 1. The number of anilines is 2. The molecule has 2 aliphatic rings. The van der Waals surface area contributed by atoms with Gasteiger partial charge in [0, 0.05) is 60.8 Å². The van der Waals surface area contributed by atoms with Crippen molar-refractivity contribution in [3.05, 3.63) is 137 Å². The number of benzene rings is 4. The van der Waals surface area contributed by atoms with Crippen LogP contribution in [-0.4, -0.2) is 78.3 Å². The zero-order valence-electron chi connectivity index (χ0n) is 31.1. The van der Waals surface area contributed by atoms with Gasteiger partial charge >= 0.3 is 0 Å². The molecule has 2 saturated heterocycles. The Bertz CT molecular complexity index is 2240. The standard InChI is InChI=1S/C21H21ClN4O2.C21H22N4O3/c1-26-19(12-18(25-26)15-3-2-4-16(22)11-15)21(27)24-17-7-5-14(6-8-17)20-13-23-9-10-28-20;1-27-17-4-2-3-15(11-17)18-12-19(25-24-18)21(26)23-16-7-5-14(6-8-16)20-13-22-9-10-28-20/h2-8,11-12,20,23H,9-10,13H2,1H3,(H,24,27);2-8,11-12,20,22H,9-10,13H2,1H3,(H,23,26)(H,24,25)/t2*20-/m10/s1. The first-order chi connectivity index (χ1) is 27.3. The number of morpholine rings is 2. The second kappa shape index (κ2) is 18.2. The highest BCUT2D eigenvalue weighted by Gasteiger charge is 2.19. The number of nitrogens with one attached hydrogen (secondary N) is 5. The maximum atomic E-state index is 12.7. The Balaban J connectivity index is 0.000000172. The molecule has 0 bridgehead atoms. The Morgan fingerprint density at radius 2 is 1.34 bits per heavy atom. The van der Waals surface area contributed by atoms with Gasteiger partial charge < -0.3 is 35.5 Å². The van der Waals surface area contributed by atoms with Crippen molar-refractivity contribution in [3.8, 4) is 28.3 Å². The number of aromatic amines is 1. The number of methoxy groups -OCH3 is 1. The van der Waals surface area contributed by atoms with Crippen LogP contribution in [-0.2, 0) is 16.5 Å². The van der Waals surface area contributed by atoms with Gasteiger partial charge in [0.15, 0.2) is 0 Å². The fourth-order valence-corrected chi connectivity index (χ4v) is 6.54. The van der Waals surface area contributed by atoms with E-state index in [1.807, 2.05) is 91.0 Å². The van der Waals surface area contributed by atoms with Crippen molar-refractivity contribution in [3.63, 3.8) is 0 Å². The molecule has 2 aliphatic heterocycles. The topological polar surface area (TPSA) is 156 Å². The predicted molar refractivity (Wildman–Crippen MR) is 216 cm³/mol. The first-order valence-corrected chi connectivity index (χ1v) is 18.7. The smallest absolute Gasteiger partial charge is 0.273 e. The molecular formula is C42H43ClN8O5. The maximum absolute atomic E-state index is 12.7. The molecule has 2 amide bonds. The molecule has 2 atom stereocenters. The van der Waals surface area contributed by atoms with E-state index >= 15 is 0 Å². The maximum Gasteiger partial charge on any atom is 0.273 e. The van der Waals surface area contributed by atoms with Crippen molar-refractivity contribution < 1.29 is 23.8 Å². The van der Waals surface area contributed by atoms with Crippen LogP contribution in [0.25, 0.3) is 22.5 Å². The van der Waals surface area contributed by atoms with Gasteiger partial charge in [-0.3, -0.25) is 19.4 Å². The quantitative estimate of drug-likeness (QED) is 0.109. The van der Waals surface area contributed by atoms with E-state index in [2.05, 4.69) is 36.6 Å². The van der Waals surface area contributed by atoms with Gasteiger partial charge in [-0.15, -0.1) is 0 Å². The van der Waals surface area contributed by atoms with E-state index in [0.29, 0.717) is 41.0 Å². The minimum Gasteiger partial charge on any atom is -0.497 e. The molecule has 288 valence electrons. The number of H-pyrrole nitrogens is 1. The zero-order chi connectivity index (χ0) is 38.9. The lowest BCUT2D eigenvalue weighted by molar-refractivity contribution is 0.0276. The molecule has 0 unspecified atom stereocenters. The summed E-state index contributed by atoms with van der Waals surface area (Å²) >= 11 is 6.05. The van der Waals surface area contributed by atoms with Crippen LogP contribution < -0.4 is 26.0 Å². The van der Waals surface area contributed by atoms with Crippen LogP contribution in [0.15, 0.2) is 109 Å². The molecule has 4 aromatic carbocycles. The summed E-state index contributed by atoms with van der Waals surface area (Å²) in [6.07, 6.45) is 0.104. The van der Waals surface area contributed by atoms with Crippen LogP contribution >= 0.6 is 11.6 Å². The Morgan fingerprint density at radius 3 is 1.91 bits per heavy atom. The lowest BCUT2D eigenvalue weighted by Gasteiger charge is -2.24. The van der Waals surface area contributed by atoms with Gasteiger partial charge in [0.05, 0.1) is 43.9 Å². The Hall–Kier alpha value is -5.83. The molecule has 6 aromatic rings. The third-order valence-electron chi connectivity index (χ3n) is 9.36. The molecule has 2 fully saturated rings. The predicted octanol–water partition coefficient (Wildman–Crippen LogP) is 6.65. The first-order valence-electron chi connectivity index (χ1n) is 18.3. The third-order valence-corrected chi connectivity index (χ3v) is 9.59. The summed E-state index contributed by atoms with van der Waals surface area (Å²) in [5, 5.41) is 24.5. The molecule has 56 heavy (non-hydrogen) atoms. The molecule has 0 radical (unpaired) electrons. The van der Waals surface area contributed by atoms with E-state index in [4.69, 9.17) is 25.8 Å². The summed E-state index contributed by atoms with van der Waals surface area (Å²) in [5.74, 6) is 0.278. The van der Waals surface area contributed by atoms with Crippen molar-refractivity contribution in [1.82, 2.24) is 30.6 Å². The van der Waals surface area contributed by atoms with Gasteiger partial charge in [-0.25, -0.2) is 0 Å². The van der Waals surface area contributed by atoms with Gasteiger partial charge in [-0.05, 0) is 71.8 Å². The van der Waals surface area contributed by atoms with Crippen LogP contribution in [0, 0.1) is 0 Å². The Morgan fingerprint density at radius 1 is 0.750 bits per heavy atom. The highest BCUT2D eigenvalue weighted by Crippen LogP contribution is 2.26. The van der Waals surface area contributed by atoms with Gasteiger partial charge in [0.25, 0.3) is 11.8 Å². The van der Waals surface area contributed by atoms with E-state index in [1.54, 1.807) is 37.0 Å². The lowest BCUT2D eigenvalue weighted by atomic mass is 10.1. The van der Waals surface area contributed by atoms with Crippen LogP contribution in [0.5, 0.6) is 5.75 Å². The number of carbonyl (C=O) groups excluding carboxylic acids is 2. The fraction of sp³-hybridized carbons (Fsp3) is 0.238. The summed E-state index contributed by atoms with van der Waals surface area (Å²) in [6, 6.07) is 33.9. The number of hydrogen-bond donors (Lipinski definition) is 5. The Kier molecular flexibility index (Phi) is 12.5. The van der Waals surface area contributed by atoms with Crippen molar-refractivity contribution >= 4 is 34.8 Å². The normalized spacial score (nSPS) is 16.6. The van der Waals surface area contributed by atoms with Crippen molar-refractivity contribution in [2.24, 2.45) is 7.05 Å². The number of rotatable bonds is 9. The van der Waals surface area contributed by atoms with E-state index < -0.39 is 0 Å². The number of aromatic nitrogens is 4. The highest BCUT2D eigenvalue weighted by atomic mass is 35.5. The summed E-state index contributed by atoms with van der Waals surface area (Å²) in [6.45, 7) is 4.77. The fourth-order valence-electron chi connectivity index (χ4n) is 6.35. The van der Waals surface area contributed by atoms with Crippen molar-refractivity contribution in [2.45, 2.75) is 12.2 Å². The molecule has 14 heteroatoms. The average molecular weight is 775 g/mol. The number of aryl methyl sites for hydroxylation is 1. The first kappa shape index (κ1) is 38.4. The van der Waals surface area contributed by atoms with Gasteiger partial charge in [-0.2, -0.15) is 10.2 Å². The molecule has 0 aliphatic carbocycles. The van der Waals surface area contributed by atoms with Crippen LogP contribution in [0.3, 0.4) is 0 Å². The second-order valence-corrected chi connectivity index (χ2v) is 13.7. The Labute approximate surface area is 329 Å². The monoisotopic (exact) mass is 774 g/mol. The molecular weight excluding hydrogens is 732 g/mol. The van der Waals surface area contributed by atoms with E-state index in [0.717, 1.165) is 65.6 Å². The van der Waals surface area contributed by atoms with Crippen LogP contribution in [0.4, 0.5) is 11.4 Å². The molecule has 4 heterocycles. The number of carbonyl (C=O) groups is 2. The molecule has 13 nitrogen and oxygen atoms in total. The van der Waals surface area contributed by atoms with E-state index in [9.17, 15) is 9.59 Å². The summed E-state index contributed by atoms with van der Waals surface area (Å²) in [4.78, 5) is 25.2. The van der Waals surface area contributed by atoms with E-state index in [-0.39, 0.29) is 24.0 Å². The van der Waals surface area contributed by atoms with Crippen molar-refractivity contribution in [2.75, 3.05) is 57.1 Å². The third kappa shape index (κ3) is 9.69.